The third kappa shape index (κ3) is 6.19. The Labute approximate surface area is 115 Å². The minimum atomic E-state index is 0.744. The molecule has 1 aliphatic carbocycles. The number of nitrogens with one attached hydrogen (secondary N) is 1. The Morgan fingerprint density at radius 2 is 1.78 bits per heavy atom. The molecule has 0 spiro atoms. The van der Waals surface area contributed by atoms with Gasteiger partial charge in [0.1, 0.15) is 0 Å². The van der Waals surface area contributed by atoms with E-state index in [2.05, 4.69) is 38.0 Å². The van der Waals surface area contributed by atoms with Crippen molar-refractivity contribution >= 4 is 0 Å². The summed E-state index contributed by atoms with van der Waals surface area (Å²) < 4.78 is 0. The lowest BCUT2D eigenvalue weighted by atomic mass is 9.93. The van der Waals surface area contributed by atoms with Crippen LogP contribution in [0.2, 0.25) is 0 Å². The van der Waals surface area contributed by atoms with Gasteiger partial charge in [-0.15, -0.1) is 0 Å². The lowest BCUT2D eigenvalue weighted by Gasteiger charge is -2.35. The quantitative estimate of drug-likeness (QED) is 0.665. The predicted molar refractivity (Wildman–Crippen MR) is 81.0 cm³/mol. The van der Waals surface area contributed by atoms with Gasteiger partial charge in [0.2, 0.25) is 0 Å². The summed E-state index contributed by atoms with van der Waals surface area (Å²) in [6, 6.07) is 1.60. The van der Waals surface area contributed by atoms with Crippen LogP contribution in [0.15, 0.2) is 0 Å². The van der Waals surface area contributed by atoms with Crippen molar-refractivity contribution < 1.29 is 0 Å². The molecule has 1 unspecified atom stereocenters. The van der Waals surface area contributed by atoms with E-state index in [1.54, 1.807) is 0 Å². The summed E-state index contributed by atoms with van der Waals surface area (Å²) >= 11 is 0. The van der Waals surface area contributed by atoms with E-state index in [9.17, 15) is 0 Å². The van der Waals surface area contributed by atoms with Gasteiger partial charge in [0.25, 0.3) is 0 Å². The van der Waals surface area contributed by atoms with Crippen LogP contribution in [0.5, 0.6) is 0 Å². The maximum Gasteiger partial charge on any atom is 0.00950 e. The van der Waals surface area contributed by atoms with Crippen LogP contribution in [0.4, 0.5) is 0 Å². The molecule has 1 saturated carbocycles. The molecule has 0 radical (unpaired) electrons. The highest BCUT2D eigenvalue weighted by Crippen LogP contribution is 2.23. The third-order valence-electron chi connectivity index (χ3n) is 4.37. The monoisotopic (exact) mass is 254 g/mol. The minimum absolute atomic E-state index is 0.744. The smallest absolute Gasteiger partial charge is 0.00950 e. The van der Waals surface area contributed by atoms with Crippen molar-refractivity contribution in [2.45, 2.75) is 77.8 Å². The fourth-order valence-corrected chi connectivity index (χ4v) is 2.97. The van der Waals surface area contributed by atoms with Crippen molar-refractivity contribution in [1.82, 2.24) is 10.2 Å². The van der Waals surface area contributed by atoms with E-state index in [1.165, 1.54) is 51.5 Å². The zero-order valence-corrected chi connectivity index (χ0v) is 13.0. The molecule has 1 rings (SSSR count). The molecule has 0 aromatic carbocycles. The number of nitrogens with zero attached hydrogens (tertiary/aromatic N) is 1. The van der Waals surface area contributed by atoms with Gasteiger partial charge in [-0.05, 0) is 58.7 Å². The lowest BCUT2D eigenvalue weighted by Crippen LogP contribution is -2.40. The second-order valence-electron chi connectivity index (χ2n) is 6.55. The molecule has 1 aliphatic rings. The molecule has 0 saturated heterocycles. The van der Waals surface area contributed by atoms with E-state index >= 15 is 0 Å². The summed E-state index contributed by atoms with van der Waals surface area (Å²) in [4.78, 5) is 2.64. The zero-order valence-electron chi connectivity index (χ0n) is 13.0. The molecule has 1 fully saturated rings. The molecule has 1 atom stereocenters. The molecule has 0 amide bonds. The van der Waals surface area contributed by atoms with Gasteiger partial charge in [-0.2, -0.15) is 0 Å². The van der Waals surface area contributed by atoms with Gasteiger partial charge in [-0.25, -0.2) is 0 Å². The summed E-state index contributed by atoms with van der Waals surface area (Å²) in [7, 11) is 2.34. The topological polar surface area (TPSA) is 15.3 Å². The van der Waals surface area contributed by atoms with E-state index in [0.717, 1.165) is 24.5 Å². The number of hydrogen-bond donors (Lipinski definition) is 1. The second kappa shape index (κ2) is 8.92. The van der Waals surface area contributed by atoms with Gasteiger partial charge in [0.15, 0.2) is 0 Å². The maximum absolute atomic E-state index is 3.54. The Morgan fingerprint density at radius 1 is 1.11 bits per heavy atom. The molecule has 18 heavy (non-hydrogen) atoms. The molecule has 0 aromatic rings. The van der Waals surface area contributed by atoms with E-state index in [1.807, 2.05) is 0 Å². The average molecular weight is 254 g/mol. The van der Waals surface area contributed by atoms with Gasteiger partial charge in [-0.1, -0.05) is 33.1 Å². The van der Waals surface area contributed by atoms with Crippen LogP contribution in [0.1, 0.15) is 65.7 Å². The molecule has 1 N–H and O–H groups in total. The summed E-state index contributed by atoms with van der Waals surface area (Å²) in [5.74, 6) is 0.771. The molecule has 2 heteroatoms. The summed E-state index contributed by atoms with van der Waals surface area (Å²) in [6.07, 6.45) is 9.83. The standard InChI is InChI=1S/C16H34N2/c1-14(2)13-17-12-8-9-15(3)18(4)16-10-6-5-7-11-16/h14-17H,5-13H2,1-4H3. The SMILES string of the molecule is CC(C)CNCCCC(C)N(C)C1CCCCC1. The first-order valence-electron chi connectivity index (χ1n) is 8.04. The molecule has 0 heterocycles. The summed E-state index contributed by atoms with van der Waals surface area (Å²) in [6.45, 7) is 9.28. The van der Waals surface area contributed by atoms with Crippen molar-refractivity contribution in [1.29, 1.82) is 0 Å². The van der Waals surface area contributed by atoms with Crippen molar-refractivity contribution in [3.8, 4) is 0 Å². The fraction of sp³-hybridized carbons (Fsp3) is 1.00. The number of hydrogen-bond acceptors (Lipinski definition) is 2. The first kappa shape index (κ1) is 16.0. The van der Waals surface area contributed by atoms with Crippen molar-refractivity contribution in [3.05, 3.63) is 0 Å². The van der Waals surface area contributed by atoms with Crippen LogP contribution >= 0.6 is 0 Å². The van der Waals surface area contributed by atoms with Gasteiger partial charge in [0, 0.05) is 12.1 Å². The molecular formula is C16H34N2. The minimum Gasteiger partial charge on any atom is -0.316 e. The van der Waals surface area contributed by atoms with Crippen molar-refractivity contribution in [2.75, 3.05) is 20.1 Å². The third-order valence-corrected chi connectivity index (χ3v) is 4.37. The Kier molecular flexibility index (Phi) is 7.92. The summed E-state index contributed by atoms with van der Waals surface area (Å²) in [5.41, 5.74) is 0. The normalized spacial score (nSPS) is 19.7. The molecule has 0 aromatic heterocycles. The first-order chi connectivity index (χ1) is 8.61. The molecule has 2 nitrogen and oxygen atoms in total. The van der Waals surface area contributed by atoms with Crippen molar-refractivity contribution in [3.63, 3.8) is 0 Å². The highest BCUT2D eigenvalue weighted by atomic mass is 15.2. The zero-order chi connectivity index (χ0) is 13.4. The molecule has 0 bridgehead atoms. The Bertz CT molecular complexity index is 197. The second-order valence-corrected chi connectivity index (χ2v) is 6.55. The predicted octanol–water partition coefficient (Wildman–Crippen LogP) is 3.67. The molecule has 0 aliphatic heterocycles. The van der Waals surface area contributed by atoms with Crippen LogP contribution in [-0.4, -0.2) is 37.1 Å². The van der Waals surface area contributed by atoms with E-state index in [-0.39, 0.29) is 0 Å². The largest absolute Gasteiger partial charge is 0.316 e. The maximum atomic E-state index is 3.54. The van der Waals surface area contributed by atoms with Gasteiger partial charge in [-0.3, -0.25) is 0 Å². The lowest BCUT2D eigenvalue weighted by molar-refractivity contribution is 0.139. The highest BCUT2D eigenvalue weighted by molar-refractivity contribution is 4.77. The fourth-order valence-electron chi connectivity index (χ4n) is 2.97. The van der Waals surface area contributed by atoms with E-state index in [4.69, 9.17) is 0 Å². The van der Waals surface area contributed by atoms with Crippen LogP contribution in [-0.2, 0) is 0 Å². The van der Waals surface area contributed by atoms with Gasteiger partial charge < -0.3 is 10.2 Å². The van der Waals surface area contributed by atoms with Crippen LogP contribution < -0.4 is 5.32 Å². The van der Waals surface area contributed by atoms with E-state index in [0.29, 0.717) is 0 Å². The molecular weight excluding hydrogens is 220 g/mol. The highest BCUT2D eigenvalue weighted by Gasteiger charge is 2.21. The average Bonchev–Trinajstić information content (AvgIpc) is 2.38. The van der Waals surface area contributed by atoms with Crippen LogP contribution in [0, 0.1) is 5.92 Å². The number of rotatable bonds is 8. The van der Waals surface area contributed by atoms with Crippen LogP contribution in [0.25, 0.3) is 0 Å². The first-order valence-corrected chi connectivity index (χ1v) is 8.04. The van der Waals surface area contributed by atoms with E-state index < -0.39 is 0 Å². The molecule has 108 valence electrons. The van der Waals surface area contributed by atoms with Crippen LogP contribution in [0.3, 0.4) is 0 Å². The summed E-state index contributed by atoms with van der Waals surface area (Å²) in [5, 5.41) is 3.54. The Balaban J connectivity index is 2.09. The van der Waals surface area contributed by atoms with Gasteiger partial charge >= 0.3 is 0 Å². The Morgan fingerprint density at radius 3 is 2.39 bits per heavy atom. The van der Waals surface area contributed by atoms with Gasteiger partial charge in [0.05, 0.1) is 0 Å². The van der Waals surface area contributed by atoms with Crippen molar-refractivity contribution in [2.24, 2.45) is 5.92 Å². The Hall–Kier alpha value is -0.0800.